The first-order valence-corrected chi connectivity index (χ1v) is 12.9. The molecule has 2 aliphatic carbocycles. The molecule has 7 nitrogen and oxygen atoms in total. The lowest BCUT2D eigenvalue weighted by atomic mass is 9.68. The van der Waals surface area contributed by atoms with Gasteiger partial charge in [-0.15, -0.1) is 0 Å². The predicted molar refractivity (Wildman–Crippen MR) is 136 cm³/mol. The normalized spacial score (nSPS) is 30.0. The highest BCUT2D eigenvalue weighted by atomic mass is 16.2. The number of nitrogens with zero attached hydrogens (tertiary/aromatic N) is 5. The van der Waals surface area contributed by atoms with Crippen molar-refractivity contribution in [2.75, 3.05) is 47.8 Å². The molecular formula is C27H40N6O. The summed E-state index contributed by atoms with van der Waals surface area (Å²) in [4.78, 5) is 27.3. The third-order valence-electron chi connectivity index (χ3n) is 9.01. The molecule has 2 aliphatic heterocycles. The zero-order valence-corrected chi connectivity index (χ0v) is 21.3. The number of likely N-dealkylation sites (N-methyl/N-ethyl adjacent to an activating group) is 2. The van der Waals surface area contributed by atoms with Crippen LogP contribution in [0, 0.1) is 5.92 Å². The van der Waals surface area contributed by atoms with Gasteiger partial charge in [-0.05, 0) is 64.1 Å². The molecular weight excluding hydrogens is 424 g/mol. The van der Waals surface area contributed by atoms with Crippen molar-refractivity contribution in [3.05, 3.63) is 47.9 Å². The largest absolute Gasteiger partial charge is 0.375 e. The van der Waals surface area contributed by atoms with Gasteiger partial charge in [-0.3, -0.25) is 9.80 Å². The van der Waals surface area contributed by atoms with Gasteiger partial charge in [0.1, 0.15) is 11.7 Å². The molecule has 1 N–H and O–H groups in total. The molecule has 0 aromatic heterocycles. The first-order valence-electron chi connectivity index (χ1n) is 12.9. The van der Waals surface area contributed by atoms with E-state index in [-0.39, 0.29) is 17.1 Å². The third-order valence-corrected chi connectivity index (χ3v) is 9.01. The number of aliphatic imine (C=N–C) groups is 1. The summed E-state index contributed by atoms with van der Waals surface area (Å²) in [5.41, 5.74) is 1.32. The van der Waals surface area contributed by atoms with Gasteiger partial charge in [-0.1, -0.05) is 36.8 Å². The number of nitrogens with one attached hydrogen (secondary N) is 1. The molecule has 5 rings (SSSR count). The number of hydrogen-bond acceptors (Lipinski definition) is 5. The van der Waals surface area contributed by atoms with Crippen molar-refractivity contribution in [1.82, 2.24) is 24.9 Å². The average molecular weight is 465 g/mol. The Hall–Kier alpha value is -2.54. The van der Waals surface area contributed by atoms with Crippen LogP contribution in [0.5, 0.6) is 0 Å². The van der Waals surface area contributed by atoms with Crippen LogP contribution in [0.2, 0.25) is 0 Å². The highest BCUT2D eigenvalue weighted by Gasteiger charge is 2.56. The molecule has 1 saturated heterocycles. The van der Waals surface area contributed by atoms with E-state index in [1.54, 1.807) is 0 Å². The van der Waals surface area contributed by atoms with E-state index in [1.807, 2.05) is 18.1 Å². The van der Waals surface area contributed by atoms with Crippen molar-refractivity contribution in [2.24, 2.45) is 10.9 Å². The molecule has 34 heavy (non-hydrogen) atoms. The lowest BCUT2D eigenvalue weighted by molar-refractivity contribution is 0.0160. The van der Waals surface area contributed by atoms with Gasteiger partial charge in [-0.2, -0.15) is 0 Å². The summed E-state index contributed by atoms with van der Waals surface area (Å²) in [7, 11) is 8.37. The van der Waals surface area contributed by atoms with Crippen molar-refractivity contribution >= 4 is 11.9 Å². The Morgan fingerprint density at radius 2 is 1.82 bits per heavy atom. The minimum atomic E-state index is -0.102. The third kappa shape index (κ3) is 3.78. The molecule has 1 aromatic carbocycles. The number of hydrogen-bond donors (Lipinski definition) is 1. The monoisotopic (exact) mass is 464 g/mol. The topological polar surface area (TPSA) is 54.4 Å². The number of carbonyl (C=O) groups excluding carboxylic acids is 1. The van der Waals surface area contributed by atoms with Gasteiger partial charge in [-0.25, -0.2) is 9.79 Å². The summed E-state index contributed by atoms with van der Waals surface area (Å²) in [5, 5.41) is 3.14. The van der Waals surface area contributed by atoms with Gasteiger partial charge < -0.3 is 15.1 Å². The first kappa shape index (κ1) is 23.2. The molecule has 0 bridgehead atoms. The quantitative estimate of drug-likeness (QED) is 0.723. The Labute approximate surface area is 204 Å². The molecule has 0 radical (unpaired) electrons. The Morgan fingerprint density at radius 1 is 1.12 bits per heavy atom. The van der Waals surface area contributed by atoms with E-state index in [4.69, 9.17) is 0 Å². The Morgan fingerprint density at radius 3 is 2.38 bits per heavy atom. The van der Waals surface area contributed by atoms with E-state index in [0.29, 0.717) is 12.5 Å². The summed E-state index contributed by atoms with van der Waals surface area (Å²) in [6, 6.07) is 11.1. The number of rotatable bonds is 5. The van der Waals surface area contributed by atoms with Crippen molar-refractivity contribution < 1.29 is 4.79 Å². The van der Waals surface area contributed by atoms with Gasteiger partial charge in [0.05, 0.1) is 24.8 Å². The number of carbonyl (C=O) groups is 1. The Kier molecular flexibility index (Phi) is 6.09. The van der Waals surface area contributed by atoms with Crippen LogP contribution in [-0.4, -0.2) is 84.8 Å². The van der Waals surface area contributed by atoms with Crippen LogP contribution >= 0.6 is 0 Å². The molecule has 1 spiro atoms. The molecule has 4 aliphatic rings. The fourth-order valence-corrected chi connectivity index (χ4v) is 6.48. The lowest BCUT2D eigenvalue weighted by Crippen LogP contribution is -2.56. The summed E-state index contributed by atoms with van der Waals surface area (Å²) in [6.07, 6.45) is 9.84. The van der Waals surface area contributed by atoms with Crippen LogP contribution in [0.3, 0.4) is 0 Å². The minimum Gasteiger partial charge on any atom is -0.375 e. The summed E-state index contributed by atoms with van der Waals surface area (Å²) < 4.78 is 0. The van der Waals surface area contributed by atoms with Crippen LogP contribution in [-0.2, 0) is 5.54 Å². The van der Waals surface area contributed by atoms with Gasteiger partial charge in [0.2, 0.25) is 0 Å². The van der Waals surface area contributed by atoms with Crippen molar-refractivity contribution in [1.29, 1.82) is 0 Å². The maximum Gasteiger partial charge on any atom is 0.326 e. The highest BCUT2D eigenvalue weighted by molar-refractivity contribution is 5.86. The Bertz CT molecular complexity index is 959. The molecule has 184 valence electrons. The SMILES string of the molecule is CNC1=NC=C(N2C[C@]3(CC[C@](c4ccccc4)(N(C)C)CC3)N(CC3CCC3)C2=O)N(C)C1. The van der Waals surface area contributed by atoms with E-state index >= 15 is 0 Å². The summed E-state index contributed by atoms with van der Waals surface area (Å²) in [5.74, 6) is 2.50. The van der Waals surface area contributed by atoms with Crippen molar-refractivity contribution in [2.45, 2.75) is 56.0 Å². The van der Waals surface area contributed by atoms with Crippen molar-refractivity contribution in [3.8, 4) is 0 Å². The van der Waals surface area contributed by atoms with E-state index in [1.165, 1.54) is 24.8 Å². The average Bonchev–Trinajstić information content (AvgIpc) is 3.08. The molecule has 7 heteroatoms. The zero-order chi connectivity index (χ0) is 23.9. The number of benzene rings is 1. The molecule has 0 atom stereocenters. The summed E-state index contributed by atoms with van der Waals surface area (Å²) in [6.45, 7) is 2.36. The maximum atomic E-state index is 13.9. The molecule has 2 heterocycles. The second-order valence-corrected chi connectivity index (χ2v) is 11.0. The maximum absolute atomic E-state index is 13.9. The van der Waals surface area contributed by atoms with E-state index in [2.05, 4.69) is 76.5 Å². The smallest absolute Gasteiger partial charge is 0.326 e. The predicted octanol–water partition coefficient (Wildman–Crippen LogP) is 3.66. The Balaban J connectivity index is 1.44. The van der Waals surface area contributed by atoms with E-state index in [0.717, 1.165) is 50.4 Å². The molecule has 3 fully saturated rings. The fraction of sp³-hybridized carbons (Fsp3) is 0.630. The second-order valence-electron chi connectivity index (χ2n) is 11.0. The highest BCUT2D eigenvalue weighted by Crippen LogP contribution is 2.50. The van der Waals surface area contributed by atoms with Gasteiger partial charge in [0.15, 0.2) is 0 Å². The number of amides is 2. The molecule has 0 unspecified atom stereocenters. The van der Waals surface area contributed by atoms with Crippen LogP contribution in [0.1, 0.15) is 50.5 Å². The standard InChI is InChI=1S/C27H40N6O/c1-28-23-19-31(4)24(17-29-23)32-20-26(33(25(32)34)18-21-9-8-10-21)13-15-27(16-14-26,30(2)3)22-11-6-5-7-12-22/h5-7,11-12,17,21H,8-10,13-16,18-20H2,1-4H3,(H,28,29)/t26-,27+. The number of amidine groups is 1. The molecule has 2 amide bonds. The first-order chi connectivity index (χ1) is 16.4. The molecule has 1 aromatic rings. The zero-order valence-electron chi connectivity index (χ0n) is 21.3. The summed E-state index contributed by atoms with van der Waals surface area (Å²) >= 11 is 0. The number of urea groups is 1. The minimum absolute atomic E-state index is 0.0258. The molecule has 2 saturated carbocycles. The van der Waals surface area contributed by atoms with Gasteiger partial charge >= 0.3 is 6.03 Å². The van der Waals surface area contributed by atoms with Gasteiger partial charge in [0, 0.05) is 26.2 Å². The lowest BCUT2D eigenvalue weighted by Gasteiger charge is -2.51. The fourth-order valence-electron chi connectivity index (χ4n) is 6.48. The van der Waals surface area contributed by atoms with Gasteiger partial charge in [0.25, 0.3) is 0 Å². The second kappa shape index (κ2) is 8.91. The van der Waals surface area contributed by atoms with E-state index in [9.17, 15) is 4.79 Å². The van der Waals surface area contributed by atoms with Crippen molar-refractivity contribution in [3.63, 3.8) is 0 Å². The van der Waals surface area contributed by atoms with Crippen LogP contribution in [0.25, 0.3) is 0 Å². The van der Waals surface area contributed by atoms with Crippen LogP contribution in [0.4, 0.5) is 4.79 Å². The van der Waals surface area contributed by atoms with E-state index < -0.39 is 0 Å². The van der Waals surface area contributed by atoms with Crippen LogP contribution in [0.15, 0.2) is 47.3 Å². The van der Waals surface area contributed by atoms with Crippen LogP contribution < -0.4 is 5.32 Å².